The summed E-state index contributed by atoms with van der Waals surface area (Å²) in [6, 6.07) is 1.74. The highest BCUT2D eigenvalue weighted by molar-refractivity contribution is 5.65. The minimum atomic E-state index is -4.97. The van der Waals surface area contributed by atoms with Crippen molar-refractivity contribution in [2.75, 3.05) is 0 Å². The molecule has 0 saturated carbocycles. The van der Waals surface area contributed by atoms with E-state index in [0.717, 1.165) is 0 Å². The average Bonchev–Trinajstić information content (AvgIpc) is 2.72. The van der Waals surface area contributed by atoms with Gasteiger partial charge < -0.3 is 4.52 Å². The molecule has 0 aliphatic rings. The molecule has 0 N–H and O–H groups in total. The topological polar surface area (TPSA) is 38.9 Å². The summed E-state index contributed by atoms with van der Waals surface area (Å²) in [4.78, 5) is 3.45. The third kappa shape index (κ3) is 2.61. The van der Waals surface area contributed by atoms with Crippen molar-refractivity contribution in [3.05, 3.63) is 35.2 Å². The zero-order chi connectivity index (χ0) is 15.1. The van der Waals surface area contributed by atoms with Gasteiger partial charge in [0.1, 0.15) is 0 Å². The van der Waals surface area contributed by atoms with Crippen LogP contribution in [-0.4, -0.2) is 10.1 Å². The van der Waals surface area contributed by atoms with Gasteiger partial charge in [-0.15, -0.1) is 0 Å². The minimum Gasteiger partial charge on any atom is -0.334 e. The lowest BCUT2D eigenvalue weighted by molar-refractivity contribution is -0.142. The van der Waals surface area contributed by atoms with Crippen molar-refractivity contribution in [2.45, 2.75) is 19.3 Å². The van der Waals surface area contributed by atoms with E-state index in [1.807, 2.05) is 0 Å². The Hall–Kier alpha value is -2.06. The van der Waals surface area contributed by atoms with Crippen molar-refractivity contribution >= 4 is 0 Å². The molecule has 1 heterocycles. The van der Waals surface area contributed by atoms with Gasteiger partial charge in [0.15, 0.2) is 5.82 Å². The van der Waals surface area contributed by atoms with Crippen molar-refractivity contribution in [3.8, 4) is 11.5 Å². The van der Waals surface area contributed by atoms with Crippen LogP contribution < -0.4 is 0 Å². The predicted octanol–water partition coefficient (Wildman–Crippen LogP) is 4.08. The van der Waals surface area contributed by atoms with Crippen LogP contribution in [0.25, 0.3) is 11.5 Å². The first-order chi connectivity index (χ1) is 9.10. The van der Waals surface area contributed by atoms with E-state index in [1.165, 1.54) is 6.92 Å². The summed E-state index contributed by atoms with van der Waals surface area (Å²) < 4.78 is 81.6. The van der Waals surface area contributed by atoms with Crippen LogP contribution >= 0.6 is 0 Å². The van der Waals surface area contributed by atoms with Gasteiger partial charge in [-0.05, 0) is 19.1 Å². The summed E-state index contributed by atoms with van der Waals surface area (Å²) in [5, 5.41) is 3.22. The lowest BCUT2D eigenvalue weighted by atomic mass is 10.00. The molecule has 1 aromatic carbocycles. The molecule has 20 heavy (non-hydrogen) atoms. The van der Waals surface area contributed by atoms with E-state index in [0.29, 0.717) is 18.2 Å². The molecule has 2 rings (SSSR count). The first-order valence-corrected chi connectivity index (χ1v) is 5.19. The molecule has 0 aliphatic carbocycles. The predicted molar refractivity (Wildman–Crippen MR) is 54.5 cm³/mol. The minimum absolute atomic E-state index is 0.0647. The van der Waals surface area contributed by atoms with Crippen LogP contribution in [0.1, 0.15) is 17.0 Å². The van der Waals surface area contributed by atoms with Gasteiger partial charge in [-0.25, -0.2) is 0 Å². The smallest absolute Gasteiger partial charge is 0.334 e. The Labute approximate surface area is 108 Å². The van der Waals surface area contributed by atoms with Crippen LogP contribution in [0.4, 0.5) is 26.3 Å². The molecule has 0 unspecified atom stereocenters. The molecule has 0 aliphatic heterocycles. The van der Waals surface area contributed by atoms with E-state index in [4.69, 9.17) is 0 Å². The van der Waals surface area contributed by atoms with Gasteiger partial charge in [-0.1, -0.05) is 11.2 Å². The summed E-state index contributed by atoms with van der Waals surface area (Å²) in [5.41, 5.74) is -4.11. The molecule has 0 saturated heterocycles. The highest BCUT2D eigenvalue weighted by atomic mass is 19.4. The number of hydrogen-bond donors (Lipinski definition) is 0. The van der Waals surface area contributed by atoms with Crippen molar-refractivity contribution < 1.29 is 30.9 Å². The number of rotatable bonds is 1. The fraction of sp³-hybridized carbons (Fsp3) is 0.273. The Bertz CT molecular complexity index is 596. The van der Waals surface area contributed by atoms with Gasteiger partial charge in [0.2, 0.25) is 0 Å². The van der Waals surface area contributed by atoms with E-state index in [-0.39, 0.29) is 5.82 Å². The van der Waals surface area contributed by atoms with Crippen molar-refractivity contribution in [1.82, 2.24) is 10.1 Å². The normalized spacial score (nSPS) is 12.8. The molecule has 0 fully saturated rings. The molecule has 1 aromatic heterocycles. The van der Waals surface area contributed by atoms with E-state index in [2.05, 4.69) is 14.7 Å². The third-order valence-corrected chi connectivity index (χ3v) is 2.42. The van der Waals surface area contributed by atoms with E-state index >= 15 is 0 Å². The Balaban J connectivity index is 2.79. The number of aromatic nitrogens is 2. The SMILES string of the molecule is Cc1noc(-c2c(C(F)(F)F)cccc2C(F)(F)F)n1. The fourth-order valence-electron chi connectivity index (χ4n) is 1.65. The van der Waals surface area contributed by atoms with Crippen LogP contribution in [0.5, 0.6) is 0 Å². The van der Waals surface area contributed by atoms with Gasteiger partial charge in [0, 0.05) is 0 Å². The van der Waals surface area contributed by atoms with E-state index in [1.54, 1.807) is 0 Å². The Morgan fingerprint density at radius 2 is 1.45 bits per heavy atom. The maximum absolute atomic E-state index is 12.9. The summed E-state index contributed by atoms with van der Waals surface area (Å²) in [6.07, 6.45) is -9.95. The number of nitrogens with zero attached hydrogens (tertiary/aromatic N) is 2. The van der Waals surface area contributed by atoms with Crippen LogP contribution in [0, 0.1) is 6.92 Å². The molecule has 0 spiro atoms. The summed E-state index contributed by atoms with van der Waals surface area (Å²) >= 11 is 0. The second-order valence-corrected chi connectivity index (χ2v) is 3.87. The first-order valence-electron chi connectivity index (χ1n) is 5.19. The van der Waals surface area contributed by atoms with Crippen LogP contribution in [0.15, 0.2) is 22.7 Å². The average molecular weight is 296 g/mol. The number of alkyl halides is 6. The second kappa shape index (κ2) is 4.50. The molecule has 3 nitrogen and oxygen atoms in total. The van der Waals surface area contributed by atoms with E-state index in [9.17, 15) is 26.3 Å². The zero-order valence-electron chi connectivity index (χ0n) is 9.80. The maximum atomic E-state index is 12.9. The number of aryl methyl sites for hydroxylation is 1. The van der Waals surface area contributed by atoms with Gasteiger partial charge in [-0.2, -0.15) is 31.3 Å². The molecule has 108 valence electrons. The summed E-state index contributed by atoms with van der Waals surface area (Å²) in [7, 11) is 0. The zero-order valence-corrected chi connectivity index (χ0v) is 9.80. The first kappa shape index (κ1) is 14.4. The maximum Gasteiger partial charge on any atom is 0.417 e. The lowest BCUT2D eigenvalue weighted by Crippen LogP contribution is -2.14. The second-order valence-electron chi connectivity index (χ2n) is 3.87. The van der Waals surface area contributed by atoms with Crippen molar-refractivity contribution in [1.29, 1.82) is 0 Å². The number of benzene rings is 1. The third-order valence-electron chi connectivity index (χ3n) is 2.42. The molecule has 0 atom stereocenters. The Morgan fingerprint density at radius 3 is 1.80 bits per heavy atom. The van der Waals surface area contributed by atoms with Crippen LogP contribution in [-0.2, 0) is 12.4 Å². The molecule has 9 heteroatoms. The summed E-state index contributed by atoms with van der Waals surface area (Å²) in [6.45, 7) is 1.29. The van der Waals surface area contributed by atoms with Crippen LogP contribution in [0.3, 0.4) is 0 Å². The molecular formula is C11H6F6N2O. The lowest BCUT2D eigenvalue weighted by Gasteiger charge is -2.15. The Morgan fingerprint density at radius 1 is 0.950 bits per heavy atom. The van der Waals surface area contributed by atoms with E-state index < -0.39 is 34.9 Å². The standard InChI is InChI=1S/C11H6F6N2O/c1-5-18-9(20-19-5)8-6(10(12,13)14)3-2-4-7(8)11(15,16)17/h2-4H,1H3. The molecule has 0 radical (unpaired) electrons. The molecular weight excluding hydrogens is 290 g/mol. The van der Waals surface area contributed by atoms with Gasteiger partial charge in [-0.3, -0.25) is 0 Å². The van der Waals surface area contributed by atoms with Crippen molar-refractivity contribution in [2.24, 2.45) is 0 Å². The largest absolute Gasteiger partial charge is 0.417 e. The van der Waals surface area contributed by atoms with Gasteiger partial charge >= 0.3 is 12.4 Å². The monoisotopic (exact) mass is 296 g/mol. The van der Waals surface area contributed by atoms with Crippen molar-refractivity contribution in [3.63, 3.8) is 0 Å². The molecule has 2 aromatic rings. The highest BCUT2D eigenvalue weighted by Crippen LogP contribution is 2.43. The summed E-state index contributed by atoms with van der Waals surface area (Å²) in [5.74, 6) is -0.882. The van der Waals surface area contributed by atoms with Gasteiger partial charge in [0.25, 0.3) is 5.89 Å². The fourth-order valence-corrected chi connectivity index (χ4v) is 1.65. The number of halogens is 6. The quantitative estimate of drug-likeness (QED) is 0.744. The highest BCUT2D eigenvalue weighted by Gasteiger charge is 2.42. The number of hydrogen-bond acceptors (Lipinski definition) is 3. The Kier molecular flexibility index (Phi) is 3.23. The van der Waals surface area contributed by atoms with Crippen LogP contribution in [0.2, 0.25) is 0 Å². The molecule has 0 amide bonds. The van der Waals surface area contributed by atoms with Gasteiger partial charge in [0.05, 0.1) is 16.7 Å². The molecule has 0 bridgehead atoms.